The van der Waals surface area contributed by atoms with Crippen molar-refractivity contribution in [3.05, 3.63) is 206 Å². The Morgan fingerprint density at radius 2 is 0.937 bits per heavy atom. The zero-order chi connectivity index (χ0) is 42.3. The van der Waals surface area contributed by atoms with Crippen molar-refractivity contribution in [3.8, 4) is 62.1 Å². The third-order valence-corrected chi connectivity index (χ3v) is 12.9. The van der Waals surface area contributed by atoms with Crippen LogP contribution in [0.15, 0.2) is 206 Å². The van der Waals surface area contributed by atoms with Crippen molar-refractivity contribution in [2.24, 2.45) is 0 Å². The number of thiophene rings is 1. The Hall–Kier alpha value is -7.73. The molecule has 63 heavy (non-hydrogen) atoms. The molecule has 0 bridgehead atoms. The summed E-state index contributed by atoms with van der Waals surface area (Å²) < 4.78 is 4.87. The lowest BCUT2D eigenvalue weighted by molar-refractivity contribution is 0.954. The first-order valence-corrected chi connectivity index (χ1v) is 22.4. The summed E-state index contributed by atoms with van der Waals surface area (Å²) in [5, 5.41) is 7.29. The summed E-state index contributed by atoms with van der Waals surface area (Å²) in [6, 6.07) is 73.3. The molecule has 0 N–H and O–H groups in total. The molecule has 3 aromatic heterocycles. The molecule has 4 nitrogen and oxygen atoms in total. The maximum absolute atomic E-state index is 5.35. The van der Waals surface area contributed by atoms with Gasteiger partial charge >= 0.3 is 0 Å². The lowest BCUT2D eigenvalue weighted by atomic mass is 9.96. The van der Waals surface area contributed by atoms with Gasteiger partial charge in [0, 0.05) is 47.6 Å². The van der Waals surface area contributed by atoms with Crippen LogP contribution in [0.25, 0.3) is 115 Å². The Kier molecular flexibility index (Phi) is 9.87. The Balaban J connectivity index is 0.00000144. The van der Waals surface area contributed by atoms with Crippen molar-refractivity contribution in [3.63, 3.8) is 0 Å². The molecular formula is C58H42N4S. The van der Waals surface area contributed by atoms with Crippen molar-refractivity contribution in [2.75, 3.05) is 0 Å². The van der Waals surface area contributed by atoms with Crippen LogP contribution in [0, 0.1) is 0 Å². The first kappa shape index (κ1) is 38.2. The number of benzene rings is 9. The lowest BCUT2D eigenvalue weighted by Crippen LogP contribution is -2.07. The molecule has 0 spiro atoms. The van der Waals surface area contributed by atoms with E-state index >= 15 is 0 Å². The van der Waals surface area contributed by atoms with Crippen molar-refractivity contribution in [1.29, 1.82) is 0 Å². The molecule has 0 aliphatic carbocycles. The predicted molar refractivity (Wildman–Crippen MR) is 268 cm³/mol. The van der Waals surface area contributed by atoms with Gasteiger partial charge in [-0.15, -0.1) is 11.3 Å². The van der Waals surface area contributed by atoms with E-state index < -0.39 is 0 Å². The molecule has 0 aliphatic heterocycles. The molecule has 0 saturated carbocycles. The Bertz CT molecular complexity index is 3610. The molecule has 0 unspecified atom stereocenters. The monoisotopic (exact) mass is 826 g/mol. The largest absolute Gasteiger partial charge is 0.277 e. The van der Waals surface area contributed by atoms with Crippen LogP contribution in [0.2, 0.25) is 0 Å². The highest BCUT2D eigenvalue weighted by Crippen LogP contribution is 2.44. The van der Waals surface area contributed by atoms with Crippen LogP contribution in [0.5, 0.6) is 0 Å². The molecule has 0 saturated heterocycles. The second-order valence-electron chi connectivity index (χ2n) is 15.9. The van der Waals surface area contributed by atoms with Crippen LogP contribution < -0.4 is 0 Å². The number of fused-ring (bicyclic) bond motifs is 8. The van der Waals surface area contributed by atoms with Gasteiger partial charge in [0.05, 0.1) is 11.0 Å². The minimum Gasteiger partial charge on any atom is -0.277 e. The van der Waals surface area contributed by atoms with Gasteiger partial charge in [-0.3, -0.25) is 4.57 Å². The predicted octanol–water partition coefficient (Wildman–Crippen LogP) is 16.2. The van der Waals surface area contributed by atoms with E-state index in [9.17, 15) is 0 Å². The molecule has 300 valence electrons. The highest BCUT2D eigenvalue weighted by atomic mass is 32.1. The average Bonchev–Trinajstić information content (AvgIpc) is 3.91. The molecule has 0 aliphatic rings. The van der Waals surface area contributed by atoms with Gasteiger partial charge in [0.15, 0.2) is 11.6 Å². The van der Waals surface area contributed by atoms with E-state index in [2.05, 4.69) is 200 Å². The van der Waals surface area contributed by atoms with E-state index in [-0.39, 0.29) is 0 Å². The molecule has 12 aromatic rings. The van der Waals surface area contributed by atoms with Gasteiger partial charge in [-0.05, 0) is 56.8 Å². The fourth-order valence-corrected chi connectivity index (χ4v) is 10.1. The molecular weight excluding hydrogens is 785 g/mol. The van der Waals surface area contributed by atoms with Crippen LogP contribution >= 0.6 is 11.3 Å². The minimum atomic E-state index is 0.569. The van der Waals surface area contributed by atoms with Gasteiger partial charge < -0.3 is 0 Å². The van der Waals surface area contributed by atoms with E-state index in [0.29, 0.717) is 17.6 Å². The number of hydrogen-bond acceptors (Lipinski definition) is 4. The highest BCUT2D eigenvalue weighted by molar-refractivity contribution is 7.26. The van der Waals surface area contributed by atoms with Crippen molar-refractivity contribution in [2.45, 2.75) is 20.3 Å². The standard InChI is InChI=1S/C55H34N4S.C3H8/c1-3-14-35(15-4-1)36-28-30-39(31-29-36)54-56-53(38-17-5-2-6-18-38)57-55(58-54)59-48-33-32-37-16-7-8-21-42(37)50(48)47-26-12-23-43(51(47)59)40-19-11-20-41(34-40)44-24-13-25-46-45-22-9-10-27-49(45)60-52(44)46;1-3-2/h1-34H;3H2,1-2H3. The third kappa shape index (κ3) is 6.84. The Morgan fingerprint density at radius 1 is 0.413 bits per heavy atom. The van der Waals surface area contributed by atoms with E-state index in [0.717, 1.165) is 44.2 Å². The summed E-state index contributed by atoms with van der Waals surface area (Å²) in [6.45, 7) is 4.25. The SMILES string of the molecule is CCC.c1ccc(-c2ccc(-c3nc(-c4ccccc4)nc(-n4c5ccc6ccccc6c5c5cccc(-c6cccc(-c7cccc8c7sc7ccccc78)c6)c54)n3)cc2)cc1. The lowest BCUT2D eigenvalue weighted by Gasteiger charge is -2.14. The number of para-hydroxylation sites is 1. The van der Waals surface area contributed by atoms with Gasteiger partial charge in [0.1, 0.15) is 0 Å². The Labute approximate surface area is 370 Å². The van der Waals surface area contributed by atoms with Gasteiger partial charge in [-0.2, -0.15) is 9.97 Å². The van der Waals surface area contributed by atoms with Crippen molar-refractivity contribution >= 4 is 64.1 Å². The van der Waals surface area contributed by atoms with E-state index in [1.165, 1.54) is 59.4 Å². The number of hydrogen-bond donors (Lipinski definition) is 0. The van der Waals surface area contributed by atoms with Gasteiger partial charge in [0.25, 0.3) is 0 Å². The smallest absolute Gasteiger partial charge is 0.238 e. The van der Waals surface area contributed by atoms with Gasteiger partial charge in [-0.1, -0.05) is 208 Å². The summed E-state index contributed by atoms with van der Waals surface area (Å²) in [4.78, 5) is 15.8. The van der Waals surface area contributed by atoms with Crippen LogP contribution in [-0.4, -0.2) is 19.5 Å². The van der Waals surface area contributed by atoms with Crippen LogP contribution in [0.4, 0.5) is 0 Å². The third-order valence-electron chi connectivity index (χ3n) is 11.7. The highest BCUT2D eigenvalue weighted by Gasteiger charge is 2.22. The summed E-state index contributed by atoms with van der Waals surface area (Å²) in [6.07, 6.45) is 1.25. The van der Waals surface area contributed by atoms with E-state index in [4.69, 9.17) is 15.0 Å². The summed E-state index contributed by atoms with van der Waals surface area (Å²) in [5.74, 6) is 1.81. The van der Waals surface area contributed by atoms with E-state index in [1.54, 1.807) is 0 Å². The molecule has 9 aromatic carbocycles. The normalized spacial score (nSPS) is 11.4. The minimum absolute atomic E-state index is 0.569. The number of rotatable bonds is 6. The first-order valence-electron chi connectivity index (χ1n) is 21.6. The van der Waals surface area contributed by atoms with Crippen LogP contribution in [0.3, 0.4) is 0 Å². The van der Waals surface area contributed by atoms with Gasteiger partial charge in [-0.25, -0.2) is 4.98 Å². The maximum Gasteiger partial charge on any atom is 0.238 e. The maximum atomic E-state index is 5.35. The summed E-state index contributed by atoms with van der Waals surface area (Å²) in [7, 11) is 0. The zero-order valence-electron chi connectivity index (χ0n) is 35.0. The van der Waals surface area contributed by atoms with Crippen LogP contribution in [0.1, 0.15) is 20.3 Å². The quantitative estimate of drug-likeness (QED) is 0.168. The molecule has 3 heterocycles. The summed E-state index contributed by atoms with van der Waals surface area (Å²) >= 11 is 1.86. The molecule has 0 radical (unpaired) electrons. The molecule has 0 fully saturated rings. The number of aromatic nitrogens is 4. The second-order valence-corrected chi connectivity index (χ2v) is 16.9. The summed E-state index contributed by atoms with van der Waals surface area (Å²) in [5.41, 5.74) is 10.9. The first-order chi connectivity index (χ1) is 31.2. The van der Waals surface area contributed by atoms with Crippen molar-refractivity contribution < 1.29 is 0 Å². The van der Waals surface area contributed by atoms with Crippen LogP contribution in [-0.2, 0) is 0 Å². The molecule has 0 amide bonds. The van der Waals surface area contributed by atoms with Gasteiger partial charge in [0.2, 0.25) is 5.95 Å². The Morgan fingerprint density at radius 3 is 1.68 bits per heavy atom. The second kappa shape index (κ2) is 16.3. The zero-order valence-corrected chi connectivity index (χ0v) is 35.9. The average molecular weight is 827 g/mol. The molecule has 12 rings (SSSR count). The number of nitrogens with zero attached hydrogens (tertiary/aromatic N) is 4. The van der Waals surface area contributed by atoms with E-state index in [1.807, 2.05) is 35.6 Å². The topological polar surface area (TPSA) is 43.6 Å². The fourth-order valence-electron chi connectivity index (χ4n) is 8.86. The molecule has 5 heteroatoms. The fraction of sp³-hybridized carbons (Fsp3) is 0.0517. The van der Waals surface area contributed by atoms with Crippen molar-refractivity contribution in [1.82, 2.24) is 19.5 Å². The molecule has 0 atom stereocenters.